The first-order valence-corrected chi connectivity index (χ1v) is 6.85. The van der Waals surface area contributed by atoms with Gasteiger partial charge in [0.05, 0.1) is 24.0 Å². The third-order valence-corrected chi connectivity index (χ3v) is 3.28. The average molecular weight is 288 g/mol. The van der Waals surface area contributed by atoms with Gasteiger partial charge in [0.15, 0.2) is 0 Å². The lowest BCUT2D eigenvalue weighted by atomic mass is 10.3. The van der Waals surface area contributed by atoms with E-state index >= 15 is 0 Å². The van der Waals surface area contributed by atoms with E-state index in [0.29, 0.717) is 12.6 Å². The predicted molar refractivity (Wildman–Crippen MR) is 74.4 cm³/mol. The Morgan fingerprint density at radius 3 is 2.75 bits per heavy atom. The Morgan fingerprint density at radius 1 is 1.20 bits per heavy atom. The molecule has 2 aromatic heterocycles. The number of nitrogens with zero attached hydrogens (tertiary/aromatic N) is 4. The summed E-state index contributed by atoms with van der Waals surface area (Å²) in [6, 6.07) is 7.86. The molecule has 20 heavy (non-hydrogen) atoms. The second-order valence-electron chi connectivity index (χ2n) is 3.94. The Bertz CT molecular complexity index is 664. The molecule has 0 radical (unpaired) electrons. The summed E-state index contributed by atoms with van der Waals surface area (Å²) >= 11 is 1.53. The van der Waals surface area contributed by atoms with Crippen LogP contribution in [-0.2, 0) is 6.61 Å². The van der Waals surface area contributed by atoms with Gasteiger partial charge in [-0.25, -0.2) is 9.67 Å². The second-order valence-corrected chi connectivity index (χ2v) is 4.66. The van der Waals surface area contributed by atoms with Crippen molar-refractivity contribution in [3.63, 3.8) is 0 Å². The van der Waals surface area contributed by atoms with Crippen LogP contribution in [0.3, 0.4) is 0 Å². The molecule has 1 aromatic carbocycles. The van der Waals surface area contributed by atoms with Crippen LogP contribution in [0.5, 0.6) is 11.8 Å². The number of methoxy groups -OCH3 is 1. The molecule has 2 heterocycles. The van der Waals surface area contributed by atoms with E-state index in [0.717, 1.165) is 17.1 Å². The highest BCUT2D eigenvalue weighted by atomic mass is 32.1. The van der Waals surface area contributed by atoms with E-state index in [1.165, 1.54) is 11.3 Å². The molecule has 3 rings (SSSR count). The fourth-order valence-corrected chi connectivity index (χ4v) is 2.16. The van der Waals surface area contributed by atoms with E-state index in [1.54, 1.807) is 23.6 Å². The van der Waals surface area contributed by atoms with Crippen LogP contribution in [0, 0.1) is 0 Å². The maximum atomic E-state index is 5.47. The van der Waals surface area contributed by atoms with Gasteiger partial charge in [-0.3, -0.25) is 0 Å². The molecule has 7 heteroatoms. The average Bonchev–Trinajstić information content (AvgIpc) is 3.17. The lowest BCUT2D eigenvalue weighted by Gasteiger charge is -2.02. The monoisotopic (exact) mass is 288 g/mol. The number of benzene rings is 1. The van der Waals surface area contributed by atoms with Crippen LogP contribution in [0.4, 0.5) is 0 Å². The molecule has 0 unspecified atom stereocenters. The SMILES string of the molecule is COc1ccc(-n2cnc(OCc3cscn3)n2)cc1. The molecule has 6 nitrogen and oxygen atoms in total. The first-order chi connectivity index (χ1) is 9.85. The molecule has 0 amide bonds. The van der Waals surface area contributed by atoms with E-state index in [1.807, 2.05) is 29.6 Å². The summed E-state index contributed by atoms with van der Waals surface area (Å²) in [6.07, 6.45) is 1.61. The van der Waals surface area contributed by atoms with Gasteiger partial charge in [-0.05, 0) is 24.3 Å². The zero-order chi connectivity index (χ0) is 13.8. The molecule has 0 aliphatic rings. The number of ether oxygens (including phenoxy) is 2. The molecule has 0 bridgehead atoms. The quantitative estimate of drug-likeness (QED) is 0.721. The minimum atomic E-state index is 0.328. The van der Waals surface area contributed by atoms with Crippen LogP contribution < -0.4 is 9.47 Å². The summed E-state index contributed by atoms with van der Waals surface area (Å²) in [5.41, 5.74) is 3.53. The third-order valence-electron chi connectivity index (χ3n) is 2.64. The summed E-state index contributed by atoms with van der Waals surface area (Å²) < 4.78 is 12.2. The predicted octanol–water partition coefficient (Wildman–Crippen LogP) is 2.31. The standard InChI is InChI=1S/C13H12N4O2S/c1-18-12-4-2-11(3-5-12)17-8-14-13(16-17)19-6-10-7-20-9-15-10/h2-5,7-9H,6H2,1H3. The number of hydrogen-bond acceptors (Lipinski definition) is 6. The second kappa shape index (κ2) is 5.70. The van der Waals surface area contributed by atoms with E-state index in [9.17, 15) is 0 Å². The van der Waals surface area contributed by atoms with Crippen molar-refractivity contribution < 1.29 is 9.47 Å². The molecular weight excluding hydrogens is 276 g/mol. The van der Waals surface area contributed by atoms with Crippen LogP contribution in [0.15, 0.2) is 41.5 Å². The highest BCUT2D eigenvalue weighted by Crippen LogP contribution is 2.15. The van der Waals surface area contributed by atoms with E-state index < -0.39 is 0 Å². The number of thiazole rings is 1. The van der Waals surface area contributed by atoms with Crippen LogP contribution in [0.2, 0.25) is 0 Å². The summed E-state index contributed by atoms with van der Waals surface area (Å²) in [6.45, 7) is 0.371. The van der Waals surface area contributed by atoms with Crippen molar-refractivity contribution in [3.05, 3.63) is 47.2 Å². The van der Waals surface area contributed by atoms with E-state index in [2.05, 4.69) is 15.1 Å². The fourth-order valence-electron chi connectivity index (χ4n) is 1.62. The molecule has 0 fully saturated rings. The summed E-state index contributed by atoms with van der Waals surface area (Å²) in [7, 11) is 1.63. The van der Waals surface area contributed by atoms with E-state index in [-0.39, 0.29) is 0 Å². The van der Waals surface area contributed by atoms with Gasteiger partial charge >= 0.3 is 6.01 Å². The van der Waals surface area contributed by atoms with Crippen molar-refractivity contribution in [2.45, 2.75) is 6.61 Å². The fraction of sp³-hybridized carbons (Fsp3) is 0.154. The van der Waals surface area contributed by atoms with Crippen LogP contribution in [0.1, 0.15) is 5.69 Å². The number of aromatic nitrogens is 4. The van der Waals surface area contributed by atoms with Gasteiger partial charge in [-0.2, -0.15) is 4.98 Å². The van der Waals surface area contributed by atoms with Gasteiger partial charge in [-0.1, -0.05) is 0 Å². The highest BCUT2D eigenvalue weighted by Gasteiger charge is 2.05. The van der Waals surface area contributed by atoms with Gasteiger partial charge < -0.3 is 9.47 Å². The van der Waals surface area contributed by atoms with Crippen molar-refractivity contribution in [3.8, 4) is 17.4 Å². The smallest absolute Gasteiger partial charge is 0.336 e. The molecule has 3 aromatic rings. The van der Waals surface area contributed by atoms with Crippen molar-refractivity contribution in [1.82, 2.24) is 19.7 Å². The molecule has 0 atom stereocenters. The van der Waals surface area contributed by atoms with Crippen LogP contribution in [0.25, 0.3) is 5.69 Å². The topological polar surface area (TPSA) is 62.1 Å². The first kappa shape index (κ1) is 12.6. The molecule has 0 spiro atoms. The van der Waals surface area contributed by atoms with Gasteiger partial charge in [0.25, 0.3) is 0 Å². The maximum Gasteiger partial charge on any atom is 0.336 e. The maximum absolute atomic E-state index is 5.47. The number of rotatable bonds is 5. The lowest BCUT2D eigenvalue weighted by molar-refractivity contribution is 0.277. The molecule has 0 aliphatic heterocycles. The van der Waals surface area contributed by atoms with E-state index in [4.69, 9.17) is 9.47 Å². The number of hydrogen-bond donors (Lipinski definition) is 0. The van der Waals surface area contributed by atoms with Crippen molar-refractivity contribution in [1.29, 1.82) is 0 Å². The van der Waals surface area contributed by atoms with Crippen LogP contribution >= 0.6 is 11.3 Å². The molecule has 102 valence electrons. The first-order valence-electron chi connectivity index (χ1n) is 5.91. The Labute approximate surface area is 119 Å². The Balaban J connectivity index is 1.69. The molecular formula is C13H12N4O2S. The lowest BCUT2D eigenvalue weighted by Crippen LogP contribution is -1.99. The minimum absolute atomic E-state index is 0.328. The van der Waals surface area contributed by atoms with Crippen molar-refractivity contribution >= 4 is 11.3 Å². The zero-order valence-electron chi connectivity index (χ0n) is 10.8. The summed E-state index contributed by atoms with van der Waals surface area (Å²) in [5, 5.41) is 6.18. The van der Waals surface area contributed by atoms with Gasteiger partial charge in [0, 0.05) is 5.38 Å². The third kappa shape index (κ3) is 2.77. The Morgan fingerprint density at radius 2 is 2.05 bits per heavy atom. The highest BCUT2D eigenvalue weighted by molar-refractivity contribution is 7.07. The molecule has 0 aliphatic carbocycles. The van der Waals surface area contributed by atoms with Crippen molar-refractivity contribution in [2.75, 3.05) is 7.11 Å². The van der Waals surface area contributed by atoms with Crippen molar-refractivity contribution in [2.24, 2.45) is 0 Å². The zero-order valence-corrected chi connectivity index (χ0v) is 11.6. The molecule has 0 N–H and O–H groups in total. The largest absolute Gasteiger partial charge is 0.497 e. The molecule has 0 saturated carbocycles. The normalized spacial score (nSPS) is 10.4. The van der Waals surface area contributed by atoms with Gasteiger partial charge in [0.2, 0.25) is 0 Å². The Hall–Kier alpha value is -2.41. The summed E-state index contributed by atoms with van der Waals surface area (Å²) in [4.78, 5) is 8.24. The Kier molecular flexibility index (Phi) is 3.60. The molecule has 0 saturated heterocycles. The summed E-state index contributed by atoms with van der Waals surface area (Å²) in [5.74, 6) is 0.800. The minimum Gasteiger partial charge on any atom is -0.497 e. The van der Waals surface area contributed by atoms with Crippen LogP contribution in [-0.4, -0.2) is 26.9 Å². The van der Waals surface area contributed by atoms with Gasteiger partial charge in [-0.15, -0.1) is 16.4 Å². The van der Waals surface area contributed by atoms with Gasteiger partial charge in [0.1, 0.15) is 18.7 Å².